The minimum Gasteiger partial charge on any atom is -0.395 e. The van der Waals surface area contributed by atoms with Crippen LogP contribution in [-0.2, 0) is 0 Å². The molecule has 1 aromatic heterocycles. The molecule has 1 aromatic rings. The minimum absolute atomic E-state index is 0.0369. The van der Waals surface area contributed by atoms with Gasteiger partial charge in [0.1, 0.15) is 11.0 Å². The van der Waals surface area contributed by atoms with E-state index in [1.54, 1.807) is 18.0 Å². The summed E-state index contributed by atoms with van der Waals surface area (Å²) in [5.41, 5.74) is 0. The van der Waals surface area contributed by atoms with Crippen LogP contribution < -0.4 is 10.2 Å². The first-order chi connectivity index (χ1) is 7.71. The zero-order chi connectivity index (χ0) is 12.0. The van der Waals surface area contributed by atoms with Gasteiger partial charge in [-0.3, -0.25) is 0 Å². The van der Waals surface area contributed by atoms with Crippen LogP contribution in [0.5, 0.6) is 0 Å². The molecule has 0 spiro atoms. The number of anilines is 2. The lowest BCUT2D eigenvalue weighted by molar-refractivity contribution is 0.280. The fourth-order valence-electron chi connectivity index (χ4n) is 1.23. The summed E-state index contributed by atoms with van der Waals surface area (Å²) in [6.07, 6.45) is 0. The predicted octanol–water partition coefficient (Wildman–Crippen LogP) is -0.0373. The third-order valence-corrected chi connectivity index (χ3v) is 2.16. The van der Waals surface area contributed by atoms with Gasteiger partial charge < -0.3 is 20.4 Å². The van der Waals surface area contributed by atoms with Gasteiger partial charge in [0.25, 0.3) is 0 Å². The molecule has 0 aliphatic heterocycles. The van der Waals surface area contributed by atoms with Crippen LogP contribution in [0.2, 0.25) is 5.15 Å². The van der Waals surface area contributed by atoms with Crippen molar-refractivity contribution in [3.8, 4) is 0 Å². The summed E-state index contributed by atoms with van der Waals surface area (Å²) in [7, 11) is 1.73. The van der Waals surface area contributed by atoms with Gasteiger partial charge in [0.2, 0.25) is 5.95 Å². The first-order valence-electron chi connectivity index (χ1n) is 4.90. The predicted molar refractivity (Wildman–Crippen MR) is 63.0 cm³/mol. The molecular formula is C9H15ClN4O2. The van der Waals surface area contributed by atoms with Crippen molar-refractivity contribution >= 4 is 23.4 Å². The van der Waals surface area contributed by atoms with Crippen molar-refractivity contribution in [2.45, 2.75) is 0 Å². The molecule has 0 bridgehead atoms. The van der Waals surface area contributed by atoms with Gasteiger partial charge in [0.15, 0.2) is 0 Å². The van der Waals surface area contributed by atoms with Crippen molar-refractivity contribution < 1.29 is 10.2 Å². The van der Waals surface area contributed by atoms with E-state index < -0.39 is 0 Å². The van der Waals surface area contributed by atoms with E-state index in [-0.39, 0.29) is 13.2 Å². The van der Waals surface area contributed by atoms with Crippen molar-refractivity contribution in [3.05, 3.63) is 11.2 Å². The van der Waals surface area contributed by atoms with E-state index in [1.165, 1.54) is 0 Å². The Kier molecular flexibility index (Phi) is 5.24. The highest BCUT2D eigenvalue weighted by Crippen LogP contribution is 2.16. The van der Waals surface area contributed by atoms with Crippen LogP contribution in [0, 0.1) is 0 Å². The number of hydrogen-bond donors (Lipinski definition) is 3. The Balaban J connectivity index is 2.93. The lowest BCUT2D eigenvalue weighted by Gasteiger charge is -2.20. The van der Waals surface area contributed by atoms with Crippen molar-refractivity contribution in [1.82, 2.24) is 9.97 Å². The molecule has 16 heavy (non-hydrogen) atoms. The molecule has 6 nitrogen and oxygen atoms in total. The van der Waals surface area contributed by atoms with E-state index >= 15 is 0 Å². The second-order valence-corrected chi connectivity index (χ2v) is 3.45. The second kappa shape index (κ2) is 6.47. The molecule has 0 aromatic carbocycles. The number of hydrogen-bond acceptors (Lipinski definition) is 6. The SMILES string of the molecule is CNc1cc(Cl)nc(N(CCO)CCO)n1. The average molecular weight is 247 g/mol. The van der Waals surface area contributed by atoms with Gasteiger partial charge in [-0.05, 0) is 0 Å². The third-order valence-electron chi connectivity index (χ3n) is 1.96. The Morgan fingerprint density at radius 1 is 1.31 bits per heavy atom. The summed E-state index contributed by atoms with van der Waals surface area (Å²) >= 11 is 5.83. The van der Waals surface area contributed by atoms with Gasteiger partial charge in [0.05, 0.1) is 13.2 Å². The number of aromatic nitrogens is 2. The standard InChI is InChI=1S/C9H15ClN4O2/c1-11-8-6-7(10)12-9(13-8)14(2-4-15)3-5-16/h6,15-16H,2-5H2,1H3,(H,11,12,13). The number of aliphatic hydroxyl groups excluding tert-OH is 2. The number of nitrogens with one attached hydrogen (secondary N) is 1. The quantitative estimate of drug-likeness (QED) is 0.612. The Labute approximate surface area is 98.9 Å². The Morgan fingerprint density at radius 2 is 1.94 bits per heavy atom. The van der Waals surface area contributed by atoms with Crippen LogP contribution in [-0.4, -0.2) is 53.5 Å². The Bertz CT molecular complexity index is 331. The number of halogens is 1. The van der Waals surface area contributed by atoms with E-state index in [2.05, 4.69) is 15.3 Å². The maximum atomic E-state index is 8.89. The number of rotatable bonds is 6. The molecule has 3 N–H and O–H groups in total. The first kappa shape index (κ1) is 13.0. The van der Waals surface area contributed by atoms with Crippen LogP contribution in [0.4, 0.5) is 11.8 Å². The molecule has 0 radical (unpaired) electrons. The zero-order valence-electron chi connectivity index (χ0n) is 9.02. The molecule has 0 saturated heterocycles. The summed E-state index contributed by atoms with van der Waals surface area (Å²) in [6.45, 7) is 0.629. The second-order valence-electron chi connectivity index (χ2n) is 3.06. The Morgan fingerprint density at radius 3 is 2.44 bits per heavy atom. The average Bonchev–Trinajstić information content (AvgIpc) is 2.28. The lowest BCUT2D eigenvalue weighted by atomic mass is 10.5. The van der Waals surface area contributed by atoms with Crippen LogP contribution in [0.25, 0.3) is 0 Å². The molecule has 0 amide bonds. The van der Waals surface area contributed by atoms with Crippen molar-refractivity contribution in [2.75, 3.05) is 43.6 Å². The van der Waals surface area contributed by atoms with Crippen molar-refractivity contribution in [1.29, 1.82) is 0 Å². The van der Waals surface area contributed by atoms with Gasteiger partial charge >= 0.3 is 0 Å². The minimum atomic E-state index is -0.0369. The van der Waals surface area contributed by atoms with Crippen LogP contribution in [0.15, 0.2) is 6.07 Å². The summed E-state index contributed by atoms with van der Waals surface area (Å²) in [5, 5.41) is 21.0. The van der Waals surface area contributed by atoms with E-state index in [4.69, 9.17) is 21.8 Å². The van der Waals surface area contributed by atoms with E-state index in [0.717, 1.165) is 0 Å². The number of aliphatic hydroxyl groups is 2. The maximum absolute atomic E-state index is 8.89. The molecule has 7 heteroatoms. The fraction of sp³-hybridized carbons (Fsp3) is 0.556. The highest BCUT2D eigenvalue weighted by molar-refractivity contribution is 6.29. The molecule has 0 aliphatic rings. The molecule has 0 unspecified atom stereocenters. The number of nitrogens with zero attached hydrogens (tertiary/aromatic N) is 3. The molecule has 0 aliphatic carbocycles. The van der Waals surface area contributed by atoms with Gasteiger partial charge in [-0.15, -0.1) is 0 Å². The molecule has 0 saturated carbocycles. The van der Waals surface area contributed by atoms with E-state index in [9.17, 15) is 0 Å². The zero-order valence-corrected chi connectivity index (χ0v) is 9.78. The highest BCUT2D eigenvalue weighted by Gasteiger charge is 2.10. The molecule has 0 fully saturated rings. The summed E-state index contributed by atoms with van der Waals surface area (Å²) in [5.74, 6) is 0.982. The smallest absolute Gasteiger partial charge is 0.228 e. The normalized spacial score (nSPS) is 10.2. The summed E-state index contributed by atoms with van der Waals surface area (Å²) < 4.78 is 0. The van der Waals surface area contributed by atoms with Crippen LogP contribution in [0.3, 0.4) is 0 Å². The van der Waals surface area contributed by atoms with Gasteiger partial charge in [-0.1, -0.05) is 11.6 Å². The third kappa shape index (κ3) is 3.48. The van der Waals surface area contributed by atoms with Gasteiger partial charge in [0, 0.05) is 26.2 Å². The van der Waals surface area contributed by atoms with Crippen molar-refractivity contribution in [2.24, 2.45) is 0 Å². The van der Waals surface area contributed by atoms with Crippen LogP contribution in [0.1, 0.15) is 0 Å². The molecule has 0 atom stereocenters. The summed E-state index contributed by atoms with van der Waals surface area (Å²) in [4.78, 5) is 9.88. The molecule has 1 heterocycles. The lowest BCUT2D eigenvalue weighted by Crippen LogP contribution is -2.31. The molecular weight excluding hydrogens is 232 g/mol. The highest BCUT2D eigenvalue weighted by atomic mass is 35.5. The summed E-state index contributed by atoms with van der Waals surface area (Å²) in [6, 6.07) is 1.60. The first-order valence-corrected chi connectivity index (χ1v) is 5.28. The molecule has 1 rings (SSSR count). The largest absolute Gasteiger partial charge is 0.395 e. The topological polar surface area (TPSA) is 81.5 Å². The van der Waals surface area contributed by atoms with E-state index in [1.807, 2.05) is 0 Å². The fourth-order valence-corrected chi connectivity index (χ4v) is 1.41. The van der Waals surface area contributed by atoms with Gasteiger partial charge in [-0.25, -0.2) is 4.98 Å². The van der Waals surface area contributed by atoms with Gasteiger partial charge in [-0.2, -0.15) is 4.98 Å². The van der Waals surface area contributed by atoms with Crippen LogP contribution >= 0.6 is 11.6 Å². The maximum Gasteiger partial charge on any atom is 0.228 e. The molecule has 90 valence electrons. The van der Waals surface area contributed by atoms with Crippen molar-refractivity contribution in [3.63, 3.8) is 0 Å². The monoisotopic (exact) mass is 246 g/mol. The van der Waals surface area contributed by atoms with E-state index in [0.29, 0.717) is 30.0 Å². The Hall–Kier alpha value is -1.11.